The van der Waals surface area contributed by atoms with Crippen molar-refractivity contribution in [1.29, 1.82) is 0 Å². The number of hydrogen-bond acceptors (Lipinski definition) is 7. The molecule has 1 amide bonds. The maximum atomic E-state index is 11.7. The lowest BCUT2D eigenvalue weighted by molar-refractivity contribution is -0.124. The van der Waals surface area contributed by atoms with Crippen LogP contribution in [0.3, 0.4) is 0 Å². The Labute approximate surface area is 147 Å². The van der Waals surface area contributed by atoms with Gasteiger partial charge in [0.15, 0.2) is 12.5 Å². The molecule has 0 unspecified atom stereocenters. The van der Waals surface area contributed by atoms with Gasteiger partial charge in [-0.05, 0) is 17.7 Å². The number of aromatic amines is 1. The number of carbonyl (C=O) groups is 3. The number of methoxy groups -OCH3 is 1. The maximum absolute atomic E-state index is 11.7. The van der Waals surface area contributed by atoms with Gasteiger partial charge in [-0.25, -0.2) is 9.59 Å². The van der Waals surface area contributed by atoms with Crippen LogP contribution in [0.2, 0.25) is 0 Å². The summed E-state index contributed by atoms with van der Waals surface area (Å²) in [5.74, 6) is -2.41. The average Bonchev–Trinajstić information content (AvgIpc) is 2.63. The Morgan fingerprint density at radius 1 is 1.08 bits per heavy atom. The summed E-state index contributed by atoms with van der Waals surface area (Å²) in [7, 11) is 1.28. The van der Waals surface area contributed by atoms with E-state index in [4.69, 9.17) is 4.74 Å². The van der Waals surface area contributed by atoms with E-state index >= 15 is 0 Å². The number of carbonyl (C=O) groups excluding carboxylic acids is 3. The molecule has 0 saturated carbocycles. The number of H-pyrrole nitrogens is 1. The van der Waals surface area contributed by atoms with Crippen molar-refractivity contribution in [1.82, 2.24) is 10.3 Å². The van der Waals surface area contributed by atoms with Crippen molar-refractivity contribution in [2.45, 2.75) is 6.54 Å². The number of nitrogens with one attached hydrogen (secondary N) is 2. The first-order valence-corrected chi connectivity index (χ1v) is 7.43. The second kappa shape index (κ2) is 8.47. The number of pyridine rings is 1. The minimum Gasteiger partial charge on any atom is -0.494 e. The Morgan fingerprint density at radius 2 is 1.77 bits per heavy atom. The summed E-state index contributed by atoms with van der Waals surface area (Å²) in [5, 5.41) is 11.8. The normalized spacial score (nSPS) is 10.0. The molecule has 26 heavy (non-hydrogen) atoms. The van der Waals surface area contributed by atoms with E-state index in [1.807, 2.05) is 0 Å². The van der Waals surface area contributed by atoms with E-state index in [1.54, 1.807) is 24.3 Å². The largest absolute Gasteiger partial charge is 0.494 e. The van der Waals surface area contributed by atoms with Gasteiger partial charge in [-0.15, -0.1) is 0 Å². The molecule has 0 fully saturated rings. The standard InChI is InChI=1S/C17H16N2O7/c1-25-16(23)11-4-2-10(3-5-11)8-18-15(22)9-26-17(24)12-6-13(20)19-14(21)7-12/h2-7H,8-9H2,1H3,(H,18,22)(H2,19,20,21). The van der Waals surface area contributed by atoms with Gasteiger partial charge < -0.3 is 19.9 Å². The van der Waals surface area contributed by atoms with Crippen molar-refractivity contribution in [3.63, 3.8) is 0 Å². The van der Waals surface area contributed by atoms with Crippen molar-refractivity contribution < 1.29 is 29.0 Å². The van der Waals surface area contributed by atoms with Gasteiger partial charge >= 0.3 is 11.9 Å². The number of rotatable bonds is 6. The maximum Gasteiger partial charge on any atom is 0.339 e. The molecule has 0 spiro atoms. The van der Waals surface area contributed by atoms with Crippen LogP contribution in [0.5, 0.6) is 5.88 Å². The van der Waals surface area contributed by atoms with Crippen LogP contribution in [-0.4, -0.2) is 41.7 Å². The molecule has 1 aromatic carbocycles. The van der Waals surface area contributed by atoms with Crippen LogP contribution >= 0.6 is 0 Å². The van der Waals surface area contributed by atoms with Crippen LogP contribution in [0, 0.1) is 0 Å². The molecule has 0 bridgehead atoms. The van der Waals surface area contributed by atoms with Crippen LogP contribution in [0.1, 0.15) is 26.3 Å². The van der Waals surface area contributed by atoms with Gasteiger partial charge in [-0.2, -0.15) is 0 Å². The monoisotopic (exact) mass is 360 g/mol. The van der Waals surface area contributed by atoms with Crippen LogP contribution < -0.4 is 10.9 Å². The lowest BCUT2D eigenvalue weighted by Gasteiger charge is -2.07. The van der Waals surface area contributed by atoms with Gasteiger partial charge in [-0.3, -0.25) is 14.6 Å². The minimum absolute atomic E-state index is 0.169. The highest BCUT2D eigenvalue weighted by Crippen LogP contribution is 2.07. The summed E-state index contributed by atoms with van der Waals surface area (Å²) in [6.07, 6.45) is 0. The summed E-state index contributed by atoms with van der Waals surface area (Å²) in [6.45, 7) is -0.379. The molecule has 0 aliphatic carbocycles. The molecule has 0 atom stereocenters. The molecule has 2 rings (SSSR count). The number of esters is 2. The number of hydrogen-bond donors (Lipinski definition) is 3. The Balaban J connectivity index is 1.82. The molecule has 1 aromatic heterocycles. The van der Waals surface area contributed by atoms with E-state index in [2.05, 4.69) is 15.0 Å². The van der Waals surface area contributed by atoms with Crippen LogP contribution in [0.15, 0.2) is 41.2 Å². The minimum atomic E-state index is -0.913. The van der Waals surface area contributed by atoms with E-state index in [0.29, 0.717) is 5.56 Å². The third-order valence-corrected chi connectivity index (χ3v) is 3.26. The fourth-order valence-electron chi connectivity index (χ4n) is 1.99. The van der Waals surface area contributed by atoms with Gasteiger partial charge in [0.25, 0.3) is 11.5 Å². The van der Waals surface area contributed by atoms with Gasteiger partial charge in [0, 0.05) is 18.7 Å². The van der Waals surface area contributed by atoms with Crippen molar-refractivity contribution in [3.05, 3.63) is 63.4 Å². The summed E-state index contributed by atoms with van der Waals surface area (Å²) in [6, 6.07) is 8.39. The number of benzene rings is 1. The first kappa shape index (κ1) is 18.7. The van der Waals surface area contributed by atoms with Gasteiger partial charge in [-0.1, -0.05) is 12.1 Å². The van der Waals surface area contributed by atoms with Crippen molar-refractivity contribution in [2.24, 2.45) is 0 Å². The Morgan fingerprint density at radius 3 is 2.38 bits per heavy atom. The molecule has 9 nitrogen and oxygen atoms in total. The number of amides is 1. The molecule has 2 aromatic rings. The van der Waals surface area contributed by atoms with Crippen LogP contribution in [0.4, 0.5) is 0 Å². The average molecular weight is 360 g/mol. The molecule has 0 saturated heterocycles. The molecular weight excluding hydrogens is 344 g/mol. The molecule has 9 heteroatoms. The van der Waals surface area contributed by atoms with Gasteiger partial charge in [0.1, 0.15) is 0 Å². The topological polar surface area (TPSA) is 135 Å². The zero-order valence-corrected chi connectivity index (χ0v) is 13.8. The summed E-state index contributed by atoms with van der Waals surface area (Å²) in [5.41, 5.74) is 0.281. The first-order chi connectivity index (χ1) is 12.4. The van der Waals surface area contributed by atoms with Crippen molar-refractivity contribution in [3.8, 4) is 5.88 Å². The quantitative estimate of drug-likeness (QED) is 0.632. The first-order valence-electron chi connectivity index (χ1n) is 7.43. The molecule has 0 aliphatic heterocycles. The van der Waals surface area contributed by atoms with E-state index in [0.717, 1.165) is 17.7 Å². The smallest absolute Gasteiger partial charge is 0.339 e. The van der Waals surface area contributed by atoms with Crippen LogP contribution in [0.25, 0.3) is 0 Å². The Bertz CT molecular complexity index is 871. The molecule has 3 N–H and O–H groups in total. The van der Waals surface area contributed by atoms with E-state index in [1.165, 1.54) is 7.11 Å². The third-order valence-electron chi connectivity index (χ3n) is 3.26. The lowest BCUT2D eigenvalue weighted by atomic mass is 10.1. The summed E-state index contributed by atoms with van der Waals surface area (Å²) < 4.78 is 9.36. The summed E-state index contributed by atoms with van der Waals surface area (Å²) in [4.78, 5) is 48.0. The van der Waals surface area contributed by atoms with Crippen LogP contribution in [-0.2, 0) is 20.8 Å². The number of aromatic nitrogens is 1. The van der Waals surface area contributed by atoms with Gasteiger partial charge in [0.2, 0.25) is 0 Å². The Kier molecular flexibility index (Phi) is 6.10. The fraction of sp³-hybridized carbons (Fsp3) is 0.176. The number of ether oxygens (including phenoxy) is 2. The predicted molar refractivity (Wildman–Crippen MR) is 88.6 cm³/mol. The molecule has 136 valence electrons. The molecule has 0 radical (unpaired) electrons. The predicted octanol–water partition coefficient (Wildman–Crippen LogP) is 0.340. The fourth-order valence-corrected chi connectivity index (χ4v) is 1.99. The lowest BCUT2D eigenvalue weighted by Crippen LogP contribution is -2.28. The summed E-state index contributed by atoms with van der Waals surface area (Å²) >= 11 is 0. The number of aromatic hydroxyl groups is 1. The molecule has 0 aliphatic rings. The van der Waals surface area contributed by atoms with E-state index < -0.39 is 35.9 Å². The Hall–Kier alpha value is -3.62. The molecule has 1 heterocycles. The molecular formula is C17H16N2O7. The highest BCUT2D eigenvalue weighted by Gasteiger charge is 2.12. The van der Waals surface area contributed by atoms with E-state index in [-0.39, 0.29) is 12.1 Å². The zero-order valence-electron chi connectivity index (χ0n) is 13.8. The second-order valence-corrected chi connectivity index (χ2v) is 5.16. The van der Waals surface area contributed by atoms with Gasteiger partial charge in [0.05, 0.1) is 18.2 Å². The SMILES string of the molecule is COC(=O)c1ccc(CNC(=O)COC(=O)c2cc(O)[nH]c(=O)c2)cc1. The van der Waals surface area contributed by atoms with Crippen molar-refractivity contribution in [2.75, 3.05) is 13.7 Å². The highest BCUT2D eigenvalue weighted by atomic mass is 16.5. The van der Waals surface area contributed by atoms with Crippen molar-refractivity contribution >= 4 is 17.8 Å². The zero-order chi connectivity index (χ0) is 19.1. The highest BCUT2D eigenvalue weighted by molar-refractivity contribution is 5.91. The van der Waals surface area contributed by atoms with E-state index in [9.17, 15) is 24.3 Å². The second-order valence-electron chi connectivity index (χ2n) is 5.16. The third kappa shape index (κ3) is 5.20.